The summed E-state index contributed by atoms with van der Waals surface area (Å²) < 4.78 is 26.7. The third-order valence-corrected chi connectivity index (χ3v) is 2.91. The summed E-state index contributed by atoms with van der Waals surface area (Å²) in [5, 5.41) is 4.37. The Morgan fingerprint density at radius 3 is 2.61 bits per heavy atom. The second kappa shape index (κ2) is 5.48. The minimum absolute atomic E-state index is 0.248. The van der Waals surface area contributed by atoms with Crippen molar-refractivity contribution in [2.24, 2.45) is 0 Å². The molecule has 1 heterocycles. The van der Waals surface area contributed by atoms with Gasteiger partial charge in [-0.2, -0.15) is 0 Å². The van der Waals surface area contributed by atoms with Crippen LogP contribution in [0.5, 0.6) is 0 Å². The van der Waals surface area contributed by atoms with E-state index >= 15 is 0 Å². The summed E-state index contributed by atoms with van der Waals surface area (Å²) in [7, 11) is 0. The standard InChI is InChI=1S/C14H18F2N2/c1-10(2)17-7-11-8-18(9-14(15)16)13-6-4-3-5-12(11)13/h3-6,8,10,14,17H,7,9H2,1-2H3. The number of nitrogens with zero attached hydrogens (tertiary/aromatic N) is 1. The molecule has 1 N–H and O–H groups in total. The fourth-order valence-corrected chi connectivity index (χ4v) is 2.08. The van der Waals surface area contributed by atoms with Gasteiger partial charge in [-0.1, -0.05) is 32.0 Å². The van der Waals surface area contributed by atoms with Crippen molar-refractivity contribution in [2.75, 3.05) is 0 Å². The summed E-state index contributed by atoms with van der Waals surface area (Å²) >= 11 is 0. The lowest BCUT2D eigenvalue weighted by atomic mass is 10.2. The molecule has 0 aliphatic carbocycles. The molecule has 2 nitrogen and oxygen atoms in total. The van der Waals surface area contributed by atoms with Crippen LogP contribution in [0, 0.1) is 0 Å². The first-order chi connectivity index (χ1) is 8.58. The maximum atomic E-state index is 12.5. The Bertz CT molecular complexity index is 517. The number of fused-ring (bicyclic) bond motifs is 1. The van der Waals surface area contributed by atoms with Crippen molar-refractivity contribution in [1.82, 2.24) is 9.88 Å². The lowest BCUT2D eigenvalue weighted by Gasteiger charge is -2.06. The average Bonchev–Trinajstić information content (AvgIpc) is 2.65. The van der Waals surface area contributed by atoms with Crippen LogP contribution in [-0.2, 0) is 13.1 Å². The Labute approximate surface area is 106 Å². The van der Waals surface area contributed by atoms with Gasteiger partial charge in [0, 0.05) is 29.7 Å². The average molecular weight is 252 g/mol. The Kier molecular flexibility index (Phi) is 3.97. The second-order valence-corrected chi connectivity index (χ2v) is 4.75. The monoisotopic (exact) mass is 252 g/mol. The molecule has 0 saturated carbocycles. The Morgan fingerprint density at radius 1 is 1.22 bits per heavy atom. The van der Waals surface area contributed by atoms with E-state index in [9.17, 15) is 8.78 Å². The van der Waals surface area contributed by atoms with Gasteiger partial charge in [0.05, 0.1) is 6.54 Å². The molecule has 0 saturated heterocycles. The molecule has 0 unspecified atom stereocenters. The van der Waals surface area contributed by atoms with Crippen LogP contribution in [0.3, 0.4) is 0 Å². The largest absolute Gasteiger partial charge is 0.341 e. The second-order valence-electron chi connectivity index (χ2n) is 4.75. The maximum Gasteiger partial charge on any atom is 0.256 e. The van der Waals surface area contributed by atoms with Crippen LogP contribution < -0.4 is 5.32 Å². The van der Waals surface area contributed by atoms with E-state index in [4.69, 9.17) is 0 Å². The number of hydrogen-bond acceptors (Lipinski definition) is 1. The molecule has 0 aliphatic heterocycles. The van der Waals surface area contributed by atoms with Crippen LogP contribution >= 0.6 is 0 Å². The van der Waals surface area contributed by atoms with Crippen LogP contribution in [-0.4, -0.2) is 17.0 Å². The molecule has 0 fully saturated rings. The van der Waals surface area contributed by atoms with E-state index in [0.717, 1.165) is 16.5 Å². The van der Waals surface area contributed by atoms with Gasteiger partial charge >= 0.3 is 0 Å². The molecule has 98 valence electrons. The van der Waals surface area contributed by atoms with Gasteiger partial charge < -0.3 is 9.88 Å². The highest BCUT2D eigenvalue weighted by atomic mass is 19.3. The summed E-state index contributed by atoms with van der Waals surface area (Å²) in [6.07, 6.45) is -0.502. The van der Waals surface area contributed by atoms with Crippen LogP contribution in [0.25, 0.3) is 10.9 Å². The summed E-state index contributed by atoms with van der Waals surface area (Å²) in [5.74, 6) is 0. The number of nitrogens with one attached hydrogen (secondary N) is 1. The van der Waals surface area contributed by atoms with Crippen molar-refractivity contribution < 1.29 is 8.78 Å². The molecule has 0 radical (unpaired) electrons. The molecular formula is C14H18F2N2. The quantitative estimate of drug-likeness (QED) is 0.863. The van der Waals surface area contributed by atoms with E-state index in [1.165, 1.54) is 0 Å². The fourth-order valence-electron chi connectivity index (χ4n) is 2.08. The highest BCUT2D eigenvalue weighted by Gasteiger charge is 2.11. The fraction of sp³-hybridized carbons (Fsp3) is 0.429. The minimum Gasteiger partial charge on any atom is -0.341 e. The van der Waals surface area contributed by atoms with E-state index in [1.54, 1.807) is 4.57 Å². The van der Waals surface area contributed by atoms with Gasteiger partial charge in [-0.15, -0.1) is 0 Å². The normalized spacial score (nSPS) is 11.9. The van der Waals surface area contributed by atoms with Crippen LogP contribution in [0.4, 0.5) is 8.78 Å². The predicted octanol–water partition coefficient (Wildman–Crippen LogP) is 3.40. The number of hydrogen-bond donors (Lipinski definition) is 1. The third kappa shape index (κ3) is 2.88. The molecule has 1 aromatic carbocycles. The first-order valence-corrected chi connectivity index (χ1v) is 6.16. The van der Waals surface area contributed by atoms with Crippen LogP contribution in [0.2, 0.25) is 0 Å². The Hall–Kier alpha value is -1.42. The van der Waals surface area contributed by atoms with Crippen LogP contribution in [0.1, 0.15) is 19.4 Å². The summed E-state index contributed by atoms with van der Waals surface area (Å²) in [5.41, 5.74) is 1.94. The number of alkyl halides is 2. The Morgan fingerprint density at radius 2 is 1.94 bits per heavy atom. The van der Waals surface area contributed by atoms with E-state index in [2.05, 4.69) is 19.2 Å². The molecular weight excluding hydrogens is 234 g/mol. The molecule has 0 spiro atoms. The minimum atomic E-state index is -2.33. The molecule has 2 rings (SSSR count). The molecule has 0 bridgehead atoms. The molecule has 0 aliphatic rings. The van der Waals surface area contributed by atoms with E-state index in [0.29, 0.717) is 12.6 Å². The first kappa shape index (κ1) is 13.0. The van der Waals surface area contributed by atoms with E-state index < -0.39 is 6.43 Å². The summed E-state index contributed by atoms with van der Waals surface area (Å²) in [6, 6.07) is 8.06. The number of rotatable bonds is 5. The van der Waals surface area contributed by atoms with Gasteiger partial charge in [-0.25, -0.2) is 8.78 Å². The van der Waals surface area contributed by atoms with Gasteiger partial charge in [0.2, 0.25) is 0 Å². The molecule has 4 heteroatoms. The number of benzene rings is 1. The SMILES string of the molecule is CC(C)NCc1cn(CC(F)F)c2ccccc12. The molecule has 0 atom stereocenters. The maximum absolute atomic E-state index is 12.5. The molecule has 1 aromatic heterocycles. The Balaban J connectivity index is 2.34. The molecule has 18 heavy (non-hydrogen) atoms. The van der Waals surface area contributed by atoms with Crippen molar-refractivity contribution in [1.29, 1.82) is 0 Å². The highest BCUT2D eigenvalue weighted by Crippen LogP contribution is 2.22. The predicted molar refractivity (Wildman–Crippen MR) is 69.9 cm³/mol. The van der Waals surface area contributed by atoms with Crippen molar-refractivity contribution in [3.8, 4) is 0 Å². The third-order valence-electron chi connectivity index (χ3n) is 2.91. The molecule has 2 aromatic rings. The topological polar surface area (TPSA) is 17.0 Å². The number of para-hydroxylation sites is 1. The van der Waals surface area contributed by atoms with Crippen LogP contribution in [0.15, 0.2) is 30.5 Å². The lowest BCUT2D eigenvalue weighted by Crippen LogP contribution is -2.21. The highest BCUT2D eigenvalue weighted by molar-refractivity contribution is 5.83. The first-order valence-electron chi connectivity index (χ1n) is 6.16. The summed E-state index contributed by atoms with van der Waals surface area (Å²) in [4.78, 5) is 0. The van der Waals surface area contributed by atoms with Gasteiger partial charge in [0.15, 0.2) is 0 Å². The van der Waals surface area contributed by atoms with Gasteiger partial charge in [-0.05, 0) is 11.6 Å². The molecule has 0 amide bonds. The van der Waals surface area contributed by atoms with Crippen molar-refractivity contribution in [3.63, 3.8) is 0 Å². The van der Waals surface area contributed by atoms with Crippen molar-refractivity contribution in [2.45, 2.75) is 39.4 Å². The zero-order valence-corrected chi connectivity index (χ0v) is 10.7. The van der Waals surface area contributed by atoms with Gasteiger partial charge in [0.1, 0.15) is 0 Å². The van der Waals surface area contributed by atoms with Gasteiger partial charge in [0.25, 0.3) is 6.43 Å². The smallest absolute Gasteiger partial charge is 0.256 e. The number of halogens is 2. The number of aromatic nitrogens is 1. The van der Waals surface area contributed by atoms with Gasteiger partial charge in [-0.3, -0.25) is 0 Å². The zero-order chi connectivity index (χ0) is 13.1. The van der Waals surface area contributed by atoms with Crippen molar-refractivity contribution >= 4 is 10.9 Å². The van der Waals surface area contributed by atoms with Crippen molar-refractivity contribution in [3.05, 3.63) is 36.0 Å². The summed E-state index contributed by atoms with van der Waals surface area (Å²) in [6.45, 7) is 4.59. The van der Waals surface area contributed by atoms with E-state index in [1.807, 2.05) is 30.5 Å². The lowest BCUT2D eigenvalue weighted by molar-refractivity contribution is 0.128. The van der Waals surface area contributed by atoms with E-state index in [-0.39, 0.29) is 6.54 Å². The zero-order valence-electron chi connectivity index (χ0n) is 10.7.